The molecule has 1 aromatic carbocycles. The van der Waals surface area contributed by atoms with Crippen LogP contribution in [0.25, 0.3) is 0 Å². The molecule has 1 aliphatic heterocycles. The van der Waals surface area contributed by atoms with Crippen molar-refractivity contribution in [1.82, 2.24) is 0 Å². The smallest absolute Gasteiger partial charge is 0.306 e. The maximum atomic E-state index is 12.1. The molecule has 122 valence electrons. The van der Waals surface area contributed by atoms with Gasteiger partial charge in [0, 0.05) is 12.8 Å². The molecule has 1 N–H and O–H groups in total. The van der Waals surface area contributed by atoms with Crippen molar-refractivity contribution in [2.75, 3.05) is 0 Å². The maximum Gasteiger partial charge on any atom is 0.306 e. The van der Waals surface area contributed by atoms with Gasteiger partial charge in [-0.3, -0.25) is 4.79 Å². The molecule has 0 saturated carbocycles. The summed E-state index contributed by atoms with van der Waals surface area (Å²) in [6.45, 7) is 8.55. The van der Waals surface area contributed by atoms with Crippen LogP contribution in [0.3, 0.4) is 0 Å². The summed E-state index contributed by atoms with van der Waals surface area (Å²) in [4.78, 5) is 12.1. The lowest BCUT2D eigenvalue weighted by Crippen LogP contribution is -2.46. The minimum Gasteiger partial charge on any atom is -0.462 e. The van der Waals surface area contributed by atoms with Crippen molar-refractivity contribution in [1.29, 1.82) is 0 Å². The van der Waals surface area contributed by atoms with Crippen LogP contribution in [0.1, 0.15) is 38.2 Å². The monoisotopic (exact) mass is 320 g/mol. The van der Waals surface area contributed by atoms with E-state index in [4.69, 9.17) is 4.74 Å². The van der Waals surface area contributed by atoms with Crippen LogP contribution in [0.2, 0.25) is 18.6 Å². The predicted octanol–water partition coefficient (Wildman–Crippen LogP) is 3.15. The Balaban J connectivity index is 2.13. The van der Waals surface area contributed by atoms with Gasteiger partial charge in [-0.2, -0.15) is 0 Å². The first kappa shape index (κ1) is 17.2. The molecule has 0 unspecified atom stereocenters. The Morgan fingerprint density at radius 1 is 1.27 bits per heavy atom. The molecule has 0 aliphatic carbocycles. The van der Waals surface area contributed by atoms with E-state index in [9.17, 15) is 9.90 Å². The fraction of sp³-hybridized carbons (Fsp3) is 0.611. The lowest BCUT2D eigenvalue weighted by atomic mass is 10.1. The normalized spacial score (nSPS) is 24.5. The van der Waals surface area contributed by atoms with E-state index < -0.39 is 14.2 Å². The molecule has 0 bridgehead atoms. The van der Waals surface area contributed by atoms with Crippen LogP contribution in [-0.2, 0) is 9.53 Å². The number of rotatable bonds is 4. The van der Waals surface area contributed by atoms with E-state index in [1.54, 1.807) is 6.92 Å². The average Bonchev–Trinajstić information content (AvgIpc) is 2.60. The Hall–Kier alpha value is -1.13. The minimum atomic E-state index is -1.71. The minimum absolute atomic E-state index is 0.0964. The molecule has 0 aromatic heterocycles. The highest BCUT2D eigenvalue weighted by Gasteiger charge is 2.38. The van der Waals surface area contributed by atoms with Gasteiger partial charge in [-0.1, -0.05) is 48.1 Å². The molecule has 3 nitrogen and oxygen atoms in total. The van der Waals surface area contributed by atoms with Crippen molar-refractivity contribution in [3.63, 3.8) is 0 Å². The first-order valence-electron chi connectivity index (χ1n) is 8.23. The molecule has 1 fully saturated rings. The number of carbonyl (C=O) groups is 1. The number of aryl methyl sites for hydroxylation is 1. The third-order valence-electron chi connectivity index (χ3n) is 4.97. The van der Waals surface area contributed by atoms with Crippen LogP contribution in [0.5, 0.6) is 0 Å². The van der Waals surface area contributed by atoms with Crippen molar-refractivity contribution in [3.05, 3.63) is 29.8 Å². The lowest BCUT2D eigenvalue weighted by Gasteiger charge is -2.31. The third kappa shape index (κ3) is 4.20. The SMILES string of the molecule is Cc1ccc([Si](C)(C)[C@@H]2CC[C@H](C[C@@H](C)O)OC(=O)C2)cc1. The third-order valence-corrected chi connectivity index (χ3v) is 9.32. The van der Waals surface area contributed by atoms with Crippen LogP contribution in [0, 0.1) is 6.92 Å². The standard InChI is InChI=1S/C18H28O3Si/c1-13-5-8-16(9-6-13)22(3,4)17-10-7-15(11-14(2)19)21-18(20)12-17/h5-6,8-9,14-15,17,19H,7,10-12H2,1-4H3/t14-,15-,17-/m1/s1. The highest BCUT2D eigenvalue weighted by atomic mass is 28.3. The van der Waals surface area contributed by atoms with Crippen molar-refractivity contribution in [2.24, 2.45) is 0 Å². The zero-order valence-electron chi connectivity index (χ0n) is 14.1. The van der Waals surface area contributed by atoms with Crippen molar-refractivity contribution in [3.8, 4) is 0 Å². The number of carbonyl (C=O) groups excluding carboxylic acids is 1. The molecular formula is C18H28O3Si. The van der Waals surface area contributed by atoms with Crippen LogP contribution in [0.4, 0.5) is 0 Å². The molecule has 1 aliphatic rings. The number of benzene rings is 1. The zero-order chi connectivity index (χ0) is 16.3. The summed E-state index contributed by atoms with van der Waals surface area (Å²) in [5, 5.41) is 10.9. The molecule has 0 amide bonds. The zero-order valence-corrected chi connectivity index (χ0v) is 15.1. The fourth-order valence-corrected chi connectivity index (χ4v) is 6.43. The van der Waals surface area contributed by atoms with Gasteiger partial charge >= 0.3 is 5.97 Å². The second-order valence-corrected chi connectivity index (χ2v) is 12.1. The van der Waals surface area contributed by atoms with Crippen molar-refractivity contribution < 1.29 is 14.6 Å². The highest BCUT2D eigenvalue weighted by molar-refractivity contribution is 6.91. The van der Waals surface area contributed by atoms with Gasteiger partial charge in [-0.15, -0.1) is 0 Å². The van der Waals surface area contributed by atoms with E-state index in [1.165, 1.54) is 10.8 Å². The summed E-state index contributed by atoms with van der Waals surface area (Å²) in [6, 6.07) is 8.78. The first-order chi connectivity index (χ1) is 10.3. The van der Waals surface area contributed by atoms with Gasteiger partial charge in [0.2, 0.25) is 0 Å². The van der Waals surface area contributed by atoms with Gasteiger partial charge in [0.15, 0.2) is 0 Å². The second-order valence-electron chi connectivity index (χ2n) is 7.26. The average molecular weight is 321 g/mol. The summed E-state index contributed by atoms with van der Waals surface area (Å²) in [6.07, 6.45) is 2.39. The van der Waals surface area contributed by atoms with Gasteiger partial charge in [0.1, 0.15) is 6.10 Å². The fourth-order valence-electron chi connectivity index (χ4n) is 3.36. The molecule has 3 atom stereocenters. The molecular weight excluding hydrogens is 292 g/mol. The predicted molar refractivity (Wildman–Crippen MR) is 92.1 cm³/mol. The van der Waals surface area contributed by atoms with Crippen molar-refractivity contribution >= 4 is 19.2 Å². The number of hydrogen-bond acceptors (Lipinski definition) is 3. The molecule has 1 aromatic rings. The highest BCUT2D eigenvalue weighted by Crippen LogP contribution is 2.35. The van der Waals surface area contributed by atoms with Gasteiger partial charge in [-0.25, -0.2) is 0 Å². The Morgan fingerprint density at radius 2 is 1.91 bits per heavy atom. The maximum absolute atomic E-state index is 12.1. The van der Waals surface area contributed by atoms with E-state index in [2.05, 4.69) is 44.3 Å². The molecule has 1 heterocycles. The topological polar surface area (TPSA) is 46.5 Å². The summed E-state index contributed by atoms with van der Waals surface area (Å²) in [5.74, 6) is -0.0964. The number of aliphatic hydroxyl groups excluding tert-OH is 1. The van der Waals surface area contributed by atoms with E-state index in [0.717, 1.165) is 12.8 Å². The lowest BCUT2D eigenvalue weighted by molar-refractivity contribution is -0.149. The molecule has 0 radical (unpaired) electrons. The summed E-state index contributed by atoms with van der Waals surface area (Å²) in [5.41, 5.74) is 1.67. The van der Waals surface area contributed by atoms with E-state index in [-0.39, 0.29) is 12.1 Å². The number of esters is 1. The number of ether oxygens (including phenoxy) is 1. The Kier molecular flexibility index (Phi) is 5.45. The largest absolute Gasteiger partial charge is 0.462 e. The van der Waals surface area contributed by atoms with Gasteiger partial charge in [0.05, 0.1) is 14.2 Å². The van der Waals surface area contributed by atoms with Crippen LogP contribution in [-0.4, -0.2) is 31.4 Å². The van der Waals surface area contributed by atoms with Crippen LogP contribution in [0.15, 0.2) is 24.3 Å². The molecule has 1 saturated heterocycles. The quantitative estimate of drug-likeness (QED) is 0.685. The van der Waals surface area contributed by atoms with Gasteiger partial charge in [0.25, 0.3) is 0 Å². The number of aliphatic hydroxyl groups is 1. The van der Waals surface area contributed by atoms with E-state index >= 15 is 0 Å². The molecule has 2 rings (SSSR count). The Labute approximate surface area is 134 Å². The Morgan fingerprint density at radius 3 is 2.50 bits per heavy atom. The summed E-state index contributed by atoms with van der Waals surface area (Å²) in [7, 11) is -1.71. The second kappa shape index (κ2) is 6.96. The first-order valence-corrected chi connectivity index (χ1v) is 11.3. The molecule has 4 heteroatoms. The molecule has 0 spiro atoms. The van der Waals surface area contributed by atoms with E-state index in [0.29, 0.717) is 18.4 Å². The Bertz CT molecular complexity index is 508. The number of hydrogen-bond donors (Lipinski definition) is 1. The number of cyclic esters (lactones) is 1. The van der Waals surface area contributed by atoms with Gasteiger partial charge in [-0.05, 0) is 32.2 Å². The molecule has 22 heavy (non-hydrogen) atoms. The van der Waals surface area contributed by atoms with E-state index in [1.807, 2.05) is 0 Å². The summed E-state index contributed by atoms with van der Waals surface area (Å²) < 4.78 is 5.53. The van der Waals surface area contributed by atoms with Crippen LogP contribution < -0.4 is 5.19 Å². The van der Waals surface area contributed by atoms with Gasteiger partial charge < -0.3 is 9.84 Å². The van der Waals surface area contributed by atoms with Crippen molar-refractivity contribution in [2.45, 2.75) is 70.4 Å². The van der Waals surface area contributed by atoms with Crippen LogP contribution >= 0.6 is 0 Å². The summed E-state index contributed by atoms with van der Waals surface area (Å²) >= 11 is 0.